The predicted octanol–water partition coefficient (Wildman–Crippen LogP) is 4.67. The summed E-state index contributed by atoms with van der Waals surface area (Å²) in [6, 6.07) is 12.5. The highest BCUT2D eigenvalue weighted by atomic mass is 79.9. The summed E-state index contributed by atoms with van der Waals surface area (Å²) >= 11 is 6.86. The van der Waals surface area contributed by atoms with E-state index in [-0.39, 0.29) is 18.3 Å². The normalized spacial score (nSPS) is 12.4. The van der Waals surface area contributed by atoms with Crippen LogP contribution in [0.2, 0.25) is 0 Å². The van der Waals surface area contributed by atoms with E-state index in [1.54, 1.807) is 6.07 Å². The molecule has 2 aromatic carbocycles. The number of benzene rings is 2. The minimum absolute atomic E-state index is 0.0164. The molecular formula is C15H13Br2FO. The Morgan fingerprint density at radius 2 is 1.79 bits per heavy atom. The van der Waals surface area contributed by atoms with Gasteiger partial charge < -0.3 is 5.11 Å². The largest absolute Gasteiger partial charge is 0.396 e. The van der Waals surface area contributed by atoms with Crippen molar-refractivity contribution in [3.05, 3.63) is 68.4 Å². The van der Waals surface area contributed by atoms with Gasteiger partial charge in [0.1, 0.15) is 5.82 Å². The molecule has 0 saturated heterocycles. The number of hydrogen-bond donors (Lipinski definition) is 1. The summed E-state index contributed by atoms with van der Waals surface area (Å²) in [5.74, 6) is -0.283. The van der Waals surface area contributed by atoms with Crippen LogP contribution in [0.4, 0.5) is 4.39 Å². The first-order valence-corrected chi connectivity index (χ1v) is 7.49. The van der Waals surface area contributed by atoms with Gasteiger partial charge in [0.15, 0.2) is 0 Å². The van der Waals surface area contributed by atoms with Gasteiger partial charge in [-0.25, -0.2) is 4.39 Å². The number of halogens is 3. The lowest BCUT2D eigenvalue weighted by Gasteiger charge is -2.17. The number of aliphatic hydroxyl groups is 1. The van der Waals surface area contributed by atoms with Crippen LogP contribution in [0.25, 0.3) is 0 Å². The van der Waals surface area contributed by atoms with Crippen molar-refractivity contribution in [2.75, 3.05) is 6.61 Å². The standard InChI is InChI=1S/C15H13Br2FO/c16-14-4-2-1-3-13(14)11(9-19)7-10-5-6-12(18)8-15(10)17/h1-6,8,11,19H,7,9H2. The topological polar surface area (TPSA) is 20.2 Å². The van der Waals surface area contributed by atoms with Crippen LogP contribution in [0, 0.1) is 5.82 Å². The van der Waals surface area contributed by atoms with Gasteiger partial charge in [-0.05, 0) is 35.7 Å². The van der Waals surface area contributed by atoms with Crippen molar-refractivity contribution in [2.45, 2.75) is 12.3 Å². The second-order valence-corrected chi connectivity index (χ2v) is 6.05. The fourth-order valence-electron chi connectivity index (χ4n) is 2.03. The molecule has 100 valence electrons. The van der Waals surface area contributed by atoms with Crippen LogP contribution in [0.3, 0.4) is 0 Å². The van der Waals surface area contributed by atoms with Crippen molar-refractivity contribution >= 4 is 31.9 Å². The van der Waals surface area contributed by atoms with Crippen LogP contribution in [0.1, 0.15) is 17.0 Å². The highest BCUT2D eigenvalue weighted by Gasteiger charge is 2.15. The van der Waals surface area contributed by atoms with E-state index in [2.05, 4.69) is 31.9 Å². The molecule has 0 fully saturated rings. The maximum absolute atomic E-state index is 13.1. The van der Waals surface area contributed by atoms with Crippen LogP contribution >= 0.6 is 31.9 Å². The van der Waals surface area contributed by atoms with Gasteiger partial charge >= 0.3 is 0 Å². The molecule has 1 nitrogen and oxygen atoms in total. The zero-order chi connectivity index (χ0) is 13.8. The lowest BCUT2D eigenvalue weighted by atomic mass is 9.93. The Kier molecular flexibility index (Phi) is 5.13. The molecule has 0 amide bonds. The number of aliphatic hydroxyl groups excluding tert-OH is 1. The first-order chi connectivity index (χ1) is 9.11. The van der Waals surface area contributed by atoms with Crippen molar-refractivity contribution in [3.63, 3.8) is 0 Å². The van der Waals surface area contributed by atoms with Crippen molar-refractivity contribution in [3.8, 4) is 0 Å². The SMILES string of the molecule is OCC(Cc1ccc(F)cc1Br)c1ccccc1Br. The van der Waals surface area contributed by atoms with Gasteiger partial charge in [0, 0.05) is 14.9 Å². The van der Waals surface area contributed by atoms with Gasteiger partial charge in [-0.2, -0.15) is 0 Å². The quantitative estimate of drug-likeness (QED) is 0.808. The van der Waals surface area contributed by atoms with Crippen molar-refractivity contribution in [1.29, 1.82) is 0 Å². The van der Waals surface area contributed by atoms with Gasteiger partial charge in [-0.15, -0.1) is 0 Å². The fourth-order valence-corrected chi connectivity index (χ4v) is 3.15. The molecule has 0 aromatic heterocycles. The number of rotatable bonds is 4. The molecular weight excluding hydrogens is 375 g/mol. The first-order valence-electron chi connectivity index (χ1n) is 5.91. The predicted molar refractivity (Wildman–Crippen MR) is 81.8 cm³/mol. The Labute approximate surface area is 128 Å². The molecule has 0 heterocycles. The van der Waals surface area contributed by atoms with Gasteiger partial charge in [0.25, 0.3) is 0 Å². The Morgan fingerprint density at radius 3 is 2.42 bits per heavy atom. The Balaban J connectivity index is 2.27. The van der Waals surface area contributed by atoms with E-state index in [0.29, 0.717) is 6.42 Å². The van der Waals surface area contributed by atoms with Gasteiger partial charge in [0.05, 0.1) is 6.61 Å². The minimum atomic E-state index is -0.267. The molecule has 2 aromatic rings. The van der Waals surface area contributed by atoms with Gasteiger partial charge in [0.2, 0.25) is 0 Å². The third-order valence-electron chi connectivity index (χ3n) is 3.05. The molecule has 0 spiro atoms. The smallest absolute Gasteiger partial charge is 0.124 e. The van der Waals surface area contributed by atoms with Gasteiger partial charge in [-0.3, -0.25) is 0 Å². The average Bonchev–Trinajstić information content (AvgIpc) is 2.39. The lowest BCUT2D eigenvalue weighted by Crippen LogP contribution is -2.09. The summed E-state index contributed by atoms with van der Waals surface area (Å²) in [7, 11) is 0. The summed E-state index contributed by atoms with van der Waals surface area (Å²) in [5, 5.41) is 9.60. The third kappa shape index (κ3) is 3.65. The van der Waals surface area contributed by atoms with Gasteiger partial charge in [-0.1, -0.05) is 56.1 Å². The van der Waals surface area contributed by atoms with Crippen molar-refractivity contribution in [1.82, 2.24) is 0 Å². The third-order valence-corrected chi connectivity index (χ3v) is 4.51. The van der Waals surface area contributed by atoms with E-state index in [1.807, 2.05) is 24.3 Å². The molecule has 4 heteroatoms. The molecule has 2 rings (SSSR count). The minimum Gasteiger partial charge on any atom is -0.396 e. The second-order valence-electron chi connectivity index (χ2n) is 4.34. The Hall–Kier alpha value is -0.710. The molecule has 0 bridgehead atoms. The van der Waals surface area contributed by atoms with Crippen molar-refractivity contribution < 1.29 is 9.50 Å². The molecule has 0 aliphatic rings. The van der Waals surface area contributed by atoms with E-state index in [1.165, 1.54) is 12.1 Å². The summed E-state index contributed by atoms with van der Waals surface area (Å²) in [5.41, 5.74) is 2.04. The molecule has 0 aliphatic carbocycles. The second kappa shape index (κ2) is 6.64. The highest BCUT2D eigenvalue weighted by molar-refractivity contribution is 9.10. The van der Waals surface area contributed by atoms with Crippen LogP contribution in [-0.4, -0.2) is 11.7 Å². The van der Waals surface area contributed by atoms with E-state index in [0.717, 1.165) is 20.1 Å². The van der Waals surface area contributed by atoms with Crippen LogP contribution in [0.15, 0.2) is 51.4 Å². The highest BCUT2D eigenvalue weighted by Crippen LogP contribution is 2.30. The lowest BCUT2D eigenvalue weighted by molar-refractivity contribution is 0.264. The summed E-state index contributed by atoms with van der Waals surface area (Å²) in [4.78, 5) is 0. The monoisotopic (exact) mass is 386 g/mol. The summed E-state index contributed by atoms with van der Waals surface area (Å²) < 4.78 is 14.8. The van der Waals surface area contributed by atoms with Crippen molar-refractivity contribution in [2.24, 2.45) is 0 Å². The Morgan fingerprint density at radius 1 is 1.05 bits per heavy atom. The van der Waals surface area contributed by atoms with Crippen LogP contribution in [-0.2, 0) is 6.42 Å². The van der Waals surface area contributed by atoms with E-state index in [9.17, 15) is 9.50 Å². The van der Waals surface area contributed by atoms with Crippen LogP contribution in [0.5, 0.6) is 0 Å². The Bertz CT molecular complexity index is 572. The maximum Gasteiger partial charge on any atom is 0.124 e. The molecule has 19 heavy (non-hydrogen) atoms. The zero-order valence-electron chi connectivity index (χ0n) is 10.1. The fraction of sp³-hybridized carbons (Fsp3) is 0.200. The van der Waals surface area contributed by atoms with E-state index in [4.69, 9.17) is 0 Å². The molecule has 0 saturated carbocycles. The van der Waals surface area contributed by atoms with Crippen LogP contribution < -0.4 is 0 Å². The summed E-state index contributed by atoms with van der Waals surface area (Å²) in [6.07, 6.45) is 0.653. The maximum atomic E-state index is 13.1. The average molecular weight is 388 g/mol. The molecule has 0 radical (unpaired) electrons. The molecule has 1 atom stereocenters. The molecule has 1 unspecified atom stereocenters. The summed E-state index contributed by atoms with van der Waals surface area (Å²) in [6.45, 7) is 0.0480. The zero-order valence-corrected chi connectivity index (χ0v) is 13.3. The van der Waals surface area contributed by atoms with E-state index < -0.39 is 0 Å². The molecule has 1 N–H and O–H groups in total. The number of hydrogen-bond acceptors (Lipinski definition) is 1. The first kappa shape index (κ1) is 14.7. The molecule has 0 aliphatic heterocycles. The van der Waals surface area contributed by atoms with E-state index >= 15 is 0 Å².